The van der Waals surface area contributed by atoms with E-state index in [0.717, 1.165) is 11.1 Å². The molecule has 0 saturated carbocycles. The van der Waals surface area contributed by atoms with Gasteiger partial charge in [0.05, 0.1) is 11.8 Å². The molecule has 0 saturated heterocycles. The quantitative estimate of drug-likeness (QED) is 0.757. The minimum Gasteiger partial charge on any atom is -0.322 e. The highest BCUT2D eigenvalue weighted by atomic mass is 16.2. The fourth-order valence-corrected chi connectivity index (χ4v) is 2.67. The number of amides is 2. The Morgan fingerprint density at radius 2 is 1.35 bits per heavy atom. The first kappa shape index (κ1) is 17.4. The van der Waals surface area contributed by atoms with E-state index < -0.39 is 0 Å². The number of nitrogens with zero attached hydrogens (tertiary/aromatic N) is 2. The van der Waals surface area contributed by atoms with Gasteiger partial charge in [-0.05, 0) is 37.1 Å². The number of carbonyl (C=O) groups excluding carboxylic acids is 2. The zero-order valence-corrected chi connectivity index (χ0v) is 14.9. The molecule has 3 aromatic rings. The van der Waals surface area contributed by atoms with Crippen molar-refractivity contribution in [2.24, 2.45) is 7.05 Å². The number of para-hydroxylation sites is 2. The molecule has 2 N–H and O–H groups in total. The molecule has 6 nitrogen and oxygen atoms in total. The molecule has 2 amide bonds. The minimum atomic E-state index is -0.380. The summed E-state index contributed by atoms with van der Waals surface area (Å²) in [5.41, 5.74) is 3.71. The number of aromatic nitrogens is 2. The summed E-state index contributed by atoms with van der Waals surface area (Å²) >= 11 is 0. The molecule has 0 atom stereocenters. The van der Waals surface area contributed by atoms with Crippen LogP contribution in [0.1, 0.15) is 32.0 Å². The third kappa shape index (κ3) is 3.49. The Labute approximate surface area is 151 Å². The van der Waals surface area contributed by atoms with Crippen molar-refractivity contribution in [2.45, 2.75) is 13.8 Å². The zero-order valence-electron chi connectivity index (χ0n) is 14.9. The molecule has 6 heteroatoms. The van der Waals surface area contributed by atoms with Gasteiger partial charge in [0.25, 0.3) is 11.8 Å². The van der Waals surface area contributed by atoms with Crippen molar-refractivity contribution >= 4 is 23.2 Å². The van der Waals surface area contributed by atoms with Crippen molar-refractivity contribution in [1.82, 2.24) is 9.78 Å². The second-order valence-electron chi connectivity index (χ2n) is 6.07. The summed E-state index contributed by atoms with van der Waals surface area (Å²) in [5, 5.41) is 9.76. The fourth-order valence-electron chi connectivity index (χ4n) is 2.67. The number of anilines is 2. The van der Waals surface area contributed by atoms with E-state index in [1.807, 2.05) is 62.4 Å². The van der Waals surface area contributed by atoms with Crippen molar-refractivity contribution in [1.29, 1.82) is 0 Å². The molecule has 26 heavy (non-hydrogen) atoms. The maximum Gasteiger partial charge on any atom is 0.274 e. The molecular weight excluding hydrogens is 328 g/mol. The lowest BCUT2D eigenvalue weighted by Gasteiger charge is -2.11. The summed E-state index contributed by atoms with van der Waals surface area (Å²) in [6.07, 6.45) is 1.40. The SMILES string of the molecule is Cc1ccccc1NC(=O)c1cnn(C)c1C(=O)Nc1ccccc1C. The number of nitrogens with one attached hydrogen (secondary N) is 2. The largest absolute Gasteiger partial charge is 0.322 e. The Kier molecular flexibility index (Phi) is 4.84. The Morgan fingerprint density at radius 1 is 0.846 bits per heavy atom. The van der Waals surface area contributed by atoms with Crippen LogP contribution in [-0.4, -0.2) is 21.6 Å². The predicted molar refractivity (Wildman–Crippen MR) is 101 cm³/mol. The minimum absolute atomic E-state index is 0.208. The molecule has 0 spiro atoms. The molecule has 1 aromatic heterocycles. The number of carbonyl (C=O) groups is 2. The van der Waals surface area contributed by atoms with Gasteiger partial charge < -0.3 is 10.6 Å². The van der Waals surface area contributed by atoms with Crippen LogP contribution in [0.25, 0.3) is 0 Å². The van der Waals surface area contributed by atoms with E-state index in [0.29, 0.717) is 11.4 Å². The van der Waals surface area contributed by atoms with Gasteiger partial charge in [0.15, 0.2) is 0 Å². The van der Waals surface area contributed by atoms with E-state index in [-0.39, 0.29) is 23.1 Å². The Bertz CT molecular complexity index is 975. The number of hydrogen-bond acceptors (Lipinski definition) is 3. The van der Waals surface area contributed by atoms with Crippen LogP contribution in [0.3, 0.4) is 0 Å². The highest BCUT2D eigenvalue weighted by Gasteiger charge is 2.23. The van der Waals surface area contributed by atoms with Crippen molar-refractivity contribution < 1.29 is 9.59 Å². The number of rotatable bonds is 4. The lowest BCUT2D eigenvalue weighted by Crippen LogP contribution is -2.22. The van der Waals surface area contributed by atoms with Crippen LogP contribution in [0.2, 0.25) is 0 Å². The van der Waals surface area contributed by atoms with Gasteiger partial charge in [-0.25, -0.2) is 0 Å². The van der Waals surface area contributed by atoms with Crippen LogP contribution in [0.4, 0.5) is 11.4 Å². The number of hydrogen-bond donors (Lipinski definition) is 2. The molecule has 3 rings (SSSR count). The molecule has 1 heterocycles. The molecule has 2 aromatic carbocycles. The van der Waals surface area contributed by atoms with Crippen LogP contribution in [0.15, 0.2) is 54.7 Å². The Morgan fingerprint density at radius 3 is 1.88 bits per heavy atom. The van der Waals surface area contributed by atoms with Gasteiger partial charge in [0.1, 0.15) is 5.69 Å². The van der Waals surface area contributed by atoms with E-state index in [4.69, 9.17) is 0 Å². The average Bonchev–Trinajstić information content (AvgIpc) is 3.01. The van der Waals surface area contributed by atoms with Gasteiger partial charge in [-0.3, -0.25) is 14.3 Å². The maximum atomic E-state index is 12.7. The third-order valence-electron chi connectivity index (χ3n) is 4.19. The Balaban J connectivity index is 1.87. The first-order valence-electron chi connectivity index (χ1n) is 8.23. The topological polar surface area (TPSA) is 76.0 Å². The van der Waals surface area contributed by atoms with Gasteiger partial charge in [-0.15, -0.1) is 0 Å². The van der Waals surface area contributed by atoms with E-state index in [9.17, 15) is 9.59 Å². The molecule has 0 bridgehead atoms. The molecule has 0 aliphatic heterocycles. The van der Waals surface area contributed by atoms with Gasteiger partial charge in [0, 0.05) is 18.4 Å². The summed E-state index contributed by atoms with van der Waals surface area (Å²) in [4.78, 5) is 25.4. The highest BCUT2D eigenvalue weighted by Crippen LogP contribution is 2.18. The highest BCUT2D eigenvalue weighted by molar-refractivity contribution is 6.14. The zero-order chi connectivity index (χ0) is 18.7. The maximum absolute atomic E-state index is 12.7. The van der Waals surface area contributed by atoms with Gasteiger partial charge in [0.2, 0.25) is 0 Å². The number of benzene rings is 2. The van der Waals surface area contributed by atoms with E-state index >= 15 is 0 Å². The lowest BCUT2D eigenvalue weighted by molar-refractivity contribution is 0.0985. The van der Waals surface area contributed by atoms with Crippen molar-refractivity contribution in [3.8, 4) is 0 Å². The van der Waals surface area contributed by atoms with Gasteiger partial charge >= 0.3 is 0 Å². The molecule has 0 unspecified atom stereocenters. The first-order valence-corrected chi connectivity index (χ1v) is 8.23. The van der Waals surface area contributed by atoms with Crippen molar-refractivity contribution in [2.75, 3.05) is 10.6 Å². The molecule has 0 aliphatic rings. The average molecular weight is 348 g/mol. The fraction of sp³-hybridized carbons (Fsp3) is 0.150. The van der Waals surface area contributed by atoms with Crippen LogP contribution >= 0.6 is 0 Å². The molecule has 0 fully saturated rings. The lowest BCUT2D eigenvalue weighted by atomic mass is 10.1. The molecule has 0 aliphatic carbocycles. The smallest absolute Gasteiger partial charge is 0.274 e. The Hall–Kier alpha value is -3.41. The summed E-state index contributed by atoms with van der Waals surface area (Å²) in [6, 6.07) is 14.9. The van der Waals surface area contributed by atoms with Crippen LogP contribution in [-0.2, 0) is 7.05 Å². The van der Waals surface area contributed by atoms with Crippen LogP contribution < -0.4 is 10.6 Å². The van der Waals surface area contributed by atoms with Crippen LogP contribution in [0.5, 0.6) is 0 Å². The van der Waals surface area contributed by atoms with E-state index in [2.05, 4.69) is 15.7 Å². The molecular formula is C20H20N4O2. The standard InChI is InChI=1S/C20H20N4O2/c1-13-8-4-6-10-16(13)22-19(25)15-12-21-24(3)18(15)20(26)23-17-11-7-5-9-14(17)2/h4-12H,1-3H3,(H,22,25)(H,23,26). The molecule has 0 radical (unpaired) electrons. The monoisotopic (exact) mass is 348 g/mol. The van der Waals surface area contributed by atoms with E-state index in [1.54, 1.807) is 7.05 Å². The van der Waals surface area contributed by atoms with E-state index in [1.165, 1.54) is 10.9 Å². The first-order chi connectivity index (χ1) is 12.5. The second kappa shape index (κ2) is 7.23. The predicted octanol–water partition coefficient (Wildman–Crippen LogP) is 3.54. The van der Waals surface area contributed by atoms with Crippen LogP contribution in [0, 0.1) is 13.8 Å². The summed E-state index contributed by atoms with van der Waals surface area (Å²) in [5.74, 6) is -0.753. The molecule has 132 valence electrons. The summed E-state index contributed by atoms with van der Waals surface area (Å²) in [7, 11) is 1.64. The number of aryl methyl sites for hydroxylation is 3. The summed E-state index contributed by atoms with van der Waals surface area (Å²) in [6.45, 7) is 3.81. The third-order valence-corrected chi connectivity index (χ3v) is 4.19. The van der Waals surface area contributed by atoms with Gasteiger partial charge in [-0.2, -0.15) is 5.10 Å². The van der Waals surface area contributed by atoms with Gasteiger partial charge in [-0.1, -0.05) is 36.4 Å². The van der Waals surface area contributed by atoms with Crippen molar-refractivity contribution in [3.05, 3.63) is 77.1 Å². The van der Waals surface area contributed by atoms with Crippen molar-refractivity contribution in [3.63, 3.8) is 0 Å². The summed E-state index contributed by atoms with van der Waals surface area (Å²) < 4.78 is 1.40. The normalized spacial score (nSPS) is 10.4. The second-order valence-corrected chi connectivity index (χ2v) is 6.07.